The van der Waals surface area contributed by atoms with Gasteiger partial charge in [-0.1, -0.05) is 0 Å². The van der Waals surface area contributed by atoms with Gasteiger partial charge in [0.2, 0.25) is 0 Å². The van der Waals surface area contributed by atoms with Gasteiger partial charge in [0.25, 0.3) is 0 Å². The van der Waals surface area contributed by atoms with Crippen LogP contribution < -0.4 is 11.5 Å². The lowest BCUT2D eigenvalue weighted by atomic mass is 10.0. The van der Waals surface area contributed by atoms with Gasteiger partial charge < -0.3 is 20.9 Å². The molecule has 0 radical (unpaired) electrons. The van der Waals surface area contributed by atoms with E-state index in [1.807, 2.05) is 6.92 Å². The number of nitrogens with two attached hydrogens (primary N) is 2. The van der Waals surface area contributed by atoms with Crippen LogP contribution in [-0.4, -0.2) is 31.6 Å². The van der Waals surface area contributed by atoms with Crippen molar-refractivity contribution in [1.29, 1.82) is 0 Å². The maximum atomic E-state index is 5.76. The van der Waals surface area contributed by atoms with Crippen molar-refractivity contribution in [3.8, 4) is 0 Å². The second-order valence-electron chi connectivity index (χ2n) is 3.38. The van der Waals surface area contributed by atoms with Crippen LogP contribution in [0.15, 0.2) is 0 Å². The van der Waals surface area contributed by atoms with Crippen LogP contribution >= 0.6 is 0 Å². The van der Waals surface area contributed by atoms with E-state index in [1.54, 1.807) is 7.11 Å². The molecule has 0 aromatic rings. The fourth-order valence-electron chi connectivity index (χ4n) is 1.45. The minimum absolute atomic E-state index is 0.00926. The minimum Gasteiger partial charge on any atom is -0.354 e. The molecule has 0 spiro atoms. The van der Waals surface area contributed by atoms with Crippen molar-refractivity contribution in [3.05, 3.63) is 0 Å². The summed E-state index contributed by atoms with van der Waals surface area (Å²) in [6.07, 6.45) is 1.66. The predicted octanol–water partition coefficient (Wildman–Crippen LogP) is -0.188. The van der Waals surface area contributed by atoms with E-state index >= 15 is 0 Å². The SMILES string of the molecule is CO[C@H]1OC(C(C)N)CC[C@H]1N. The molecule has 0 bridgehead atoms. The van der Waals surface area contributed by atoms with Gasteiger partial charge >= 0.3 is 0 Å². The summed E-state index contributed by atoms with van der Waals surface area (Å²) in [5.74, 6) is 0. The molecule has 4 nitrogen and oxygen atoms in total. The Morgan fingerprint density at radius 2 is 2.17 bits per heavy atom. The summed E-state index contributed by atoms with van der Waals surface area (Å²) in [6, 6.07) is 0.0418. The molecule has 72 valence electrons. The molecule has 4 N–H and O–H groups in total. The smallest absolute Gasteiger partial charge is 0.172 e. The van der Waals surface area contributed by atoms with Crippen LogP contribution in [0.2, 0.25) is 0 Å². The molecule has 0 amide bonds. The predicted molar refractivity (Wildman–Crippen MR) is 46.5 cm³/mol. The molecule has 0 saturated carbocycles. The monoisotopic (exact) mass is 174 g/mol. The molecule has 4 atom stereocenters. The lowest BCUT2D eigenvalue weighted by Gasteiger charge is -2.35. The summed E-state index contributed by atoms with van der Waals surface area (Å²) in [4.78, 5) is 0. The first-order chi connectivity index (χ1) is 5.65. The van der Waals surface area contributed by atoms with Crippen LogP contribution in [0.1, 0.15) is 19.8 Å². The lowest BCUT2D eigenvalue weighted by molar-refractivity contribution is -0.192. The highest BCUT2D eigenvalue weighted by Crippen LogP contribution is 2.20. The zero-order valence-corrected chi connectivity index (χ0v) is 7.69. The van der Waals surface area contributed by atoms with Gasteiger partial charge in [0.05, 0.1) is 12.1 Å². The van der Waals surface area contributed by atoms with Crippen LogP contribution in [0.4, 0.5) is 0 Å². The zero-order chi connectivity index (χ0) is 9.14. The van der Waals surface area contributed by atoms with Gasteiger partial charge in [-0.2, -0.15) is 0 Å². The maximum absolute atomic E-state index is 5.76. The van der Waals surface area contributed by atoms with Crippen molar-refractivity contribution in [1.82, 2.24) is 0 Å². The molecule has 0 aromatic carbocycles. The van der Waals surface area contributed by atoms with Crippen molar-refractivity contribution in [3.63, 3.8) is 0 Å². The first-order valence-corrected chi connectivity index (χ1v) is 4.34. The topological polar surface area (TPSA) is 70.5 Å². The average Bonchev–Trinajstić information content (AvgIpc) is 2.05. The highest BCUT2D eigenvalue weighted by atomic mass is 16.7. The zero-order valence-electron chi connectivity index (χ0n) is 7.69. The van der Waals surface area contributed by atoms with Crippen molar-refractivity contribution in [2.24, 2.45) is 11.5 Å². The molecular weight excluding hydrogens is 156 g/mol. The normalized spacial score (nSPS) is 39.5. The van der Waals surface area contributed by atoms with Crippen LogP contribution in [-0.2, 0) is 9.47 Å². The Morgan fingerprint density at radius 3 is 2.67 bits per heavy atom. The molecule has 12 heavy (non-hydrogen) atoms. The summed E-state index contributed by atoms with van der Waals surface area (Å²) < 4.78 is 10.6. The number of methoxy groups -OCH3 is 1. The fraction of sp³-hybridized carbons (Fsp3) is 1.00. The van der Waals surface area contributed by atoms with Gasteiger partial charge in [-0.05, 0) is 19.8 Å². The summed E-state index contributed by atoms with van der Waals surface area (Å²) in [7, 11) is 1.61. The maximum Gasteiger partial charge on any atom is 0.172 e. The summed E-state index contributed by atoms with van der Waals surface area (Å²) >= 11 is 0. The van der Waals surface area contributed by atoms with E-state index in [0.29, 0.717) is 0 Å². The van der Waals surface area contributed by atoms with Gasteiger partial charge in [0.1, 0.15) is 0 Å². The quantitative estimate of drug-likeness (QED) is 0.609. The third-order valence-electron chi connectivity index (χ3n) is 2.26. The van der Waals surface area contributed by atoms with E-state index in [0.717, 1.165) is 12.8 Å². The molecule has 2 unspecified atom stereocenters. The second-order valence-corrected chi connectivity index (χ2v) is 3.38. The fourth-order valence-corrected chi connectivity index (χ4v) is 1.45. The molecule has 1 heterocycles. The number of ether oxygens (including phenoxy) is 2. The largest absolute Gasteiger partial charge is 0.354 e. The Labute approximate surface area is 73.2 Å². The van der Waals surface area contributed by atoms with Crippen molar-refractivity contribution >= 4 is 0 Å². The van der Waals surface area contributed by atoms with Crippen molar-refractivity contribution < 1.29 is 9.47 Å². The molecule has 0 aromatic heterocycles. The molecule has 1 aliphatic heterocycles. The van der Waals surface area contributed by atoms with Gasteiger partial charge in [-0.3, -0.25) is 0 Å². The van der Waals surface area contributed by atoms with E-state index in [4.69, 9.17) is 20.9 Å². The van der Waals surface area contributed by atoms with Crippen LogP contribution in [0.3, 0.4) is 0 Å². The van der Waals surface area contributed by atoms with Gasteiger partial charge in [0.15, 0.2) is 6.29 Å². The number of hydrogen-bond acceptors (Lipinski definition) is 4. The first-order valence-electron chi connectivity index (χ1n) is 4.34. The van der Waals surface area contributed by atoms with E-state index < -0.39 is 0 Å². The molecule has 1 aliphatic rings. The Balaban J connectivity index is 2.44. The Bertz CT molecular complexity index is 141. The van der Waals surface area contributed by atoms with E-state index in [9.17, 15) is 0 Å². The molecule has 1 rings (SSSR count). The van der Waals surface area contributed by atoms with E-state index in [1.165, 1.54) is 0 Å². The number of hydrogen-bond donors (Lipinski definition) is 2. The Morgan fingerprint density at radius 1 is 1.50 bits per heavy atom. The second kappa shape index (κ2) is 4.18. The average molecular weight is 174 g/mol. The van der Waals surface area contributed by atoms with Gasteiger partial charge in [0, 0.05) is 13.2 Å². The van der Waals surface area contributed by atoms with Crippen LogP contribution in [0.5, 0.6) is 0 Å². The first kappa shape index (κ1) is 9.92. The van der Waals surface area contributed by atoms with Crippen LogP contribution in [0.25, 0.3) is 0 Å². The lowest BCUT2D eigenvalue weighted by Crippen LogP contribution is -2.49. The highest BCUT2D eigenvalue weighted by Gasteiger charge is 2.30. The summed E-state index contributed by atoms with van der Waals surface area (Å²) in [5, 5.41) is 0. The van der Waals surface area contributed by atoms with Crippen LogP contribution in [0, 0.1) is 0 Å². The molecule has 4 heteroatoms. The van der Waals surface area contributed by atoms with Gasteiger partial charge in [-0.15, -0.1) is 0 Å². The Kier molecular flexibility index (Phi) is 3.46. The summed E-state index contributed by atoms with van der Waals surface area (Å²) in [5.41, 5.74) is 11.5. The van der Waals surface area contributed by atoms with Gasteiger partial charge in [-0.25, -0.2) is 0 Å². The van der Waals surface area contributed by atoms with Crippen molar-refractivity contribution in [2.45, 2.75) is 44.2 Å². The molecule has 1 saturated heterocycles. The van der Waals surface area contributed by atoms with Crippen molar-refractivity contribution in [2.75, 3.05) is 7.11 Å². The van der Waals surface area contributed by atoms with E-state index in [2.05, 4.69) is 0 Å². The third-order valence-corrected chi connectivity index (χ3v) is 2.26. The Hall–Kier alpha value is -0.160. The third kappa shape index (κ3) is 2.17. The molecule has 1 fully saturated rings. The summed E-state index contributed by atoms with van der Waals surface area (Å²) in [6.45, 7) is 1.94. The highest BCUT2D eigenvalue weighted by molar-refractivity contribution is 4.80. The number of rotatable bonds is 2. The minimum atomic E-state index is -0.283. The molecular formula is C8H18N2O2. The standard InChI is InChI=1S/C8H18N2O2/c1-5(9)7-4-3-6(10)8(11-2)12-7/h5-8H,3-4,9-10H2,1-2H3/t5?,6-,7?,8+/m1/s1. The molecule has 0 aliphatic carbocycles. The van der Waals surface area contributed by atoms with E-state index in [-0.39, 0.29) is 24.5 Å².